The number of methoxy groups -OCH3 is 2. The summed E-state index contributed by atoms with van der Waals surface area (Å²) in [5.74, 6) is 2.34. The fourth-order valence-electron chi connectivity index (χ4n) is 2.45. The number of ether oxygens (including phenoxy) is 3. The van der Waals surface area contributed by atoms with E-state index in [2.05, 4.69) is 55.1 Å². The Hall–Kier alpha value is -2.15. The van der Waals surface area contributed by atoms with Gasteiger partial charge >= 0.3 is 0 Å². The second-order valence-electron chi connectivity index (χ2n) is 6.71. The first-order valence-corrected chi connectivity index (χ1v) is 12.9. The van der Waals surface area contributed by atoms with Gasteiger partial charge in [0.1, 0.15) is 23.3 Å². The monoisotopic (exact) mass is 718 g/mol. The number of pyridine rings is 2. The normalized spacial score (nSPS) is 9.66. The third-order valence-corrected chi connectivity index (χ3v) is 6.63. The minimum atomic E-state index is 0.0873. The Labute approximate surface area is 237 Å². The molecule has 35 heavy (non-hydrogen) atoms. The summed E-state index contributed by atoms with van der Waals surface area (Å²) < 4.78 is 17.7. The maximum absolute atomic E-state index is 8.66. The van der Waals surface area contributed by atoms with Crippen LogP contribution < -0.4 is 14.2 Å². The van der Waals surface area contributed by atoms with Crippen molar-refractivity contribution in [3.8, 4) is 17.4 Å². The van der Waals surface area contributed by atoms with Crippen LogP contribution in [0.2, 0.25) is 5.15 Å². The Balaban J connectivity index is 0.000000204. The van der Waals surface area contributed by atoms with Crippen molar-refractivity contribution in [1.82, 2.24) is 9.97 Å². The van der Waals surface area contributed by atoms with E-state index in [-0.39, 0.29) is 6.61 Å². The molecule has 0 radical (unpaired) electrons. The van der Waals surface area contributed by atoms with Gasteiger partial charge in [-0.05, 0) is 105 Å². The molecule has 4 aromatic rings. The van der Waals surface area contributed by atoms with Gasteiger partial charge in [-0.15, -0.1) is 0 Å². The zero-order valence-electron chi connectivity index (χ0n) is 19.2. The number of aromatic nitrogens is 2. The number of hydrogen-bond acceptors (Lipinski definition) is 6. The van der Waals surface area contributed by atoms with Gasteiger partial charge in [0.2, 0.25) is 5.88 Å². The highest BCUT2D eigenvalue weighted by molar-refractivity contribution is 14.1. The SMILES string of the molecule is COc1ccc(CO)cc1.COc1ccc(COc2ncccc2I)cc1.Clc1ncccc1I. The van der Waals surface area contributed by atoms with Gasteiger partial charge in [-0.1, -0.05) is 35.9 Å². The number of aliphatic hydroxyl groups excluding tert-OH is 1. The highest BCUT2D eigenvalue weighted by Crippen LogP contribution is 2.19. The zero-order chi connectivity index (χ0) is 25.5. The minimum Gasteiger partial charge on any atom is -0.497 e. The van der Waals surface area contributed by atoms with Gasteiger partial charge in [0, 0.05) is 12.4 Å². The predicted molar refractivity (Wildman–Crippen MR) is 155 cm³/mol. The average molecular weight is 719 g/mol. The largest absolute Gasteiger partial charge is 0.497 e. The number of nitrogens with zero attached hydrogens (tertiary/aromatic N) is 2. The highest BCUT2D eigenvalue weighted by atomic mass is 127. The van der Waals surface area contributed by atoms with E-state index >= 15 is 0 Å². The molecule has 0 saturated heterocycles. The summed E-state index contributed by atoms with van der Waals surface area (Å²) in [6.07, 6.45) is 3.40. The van der Waals surface area contributed by atoms with Crippen molar-refractivity contribution in [3.05, 3.63) is 109 Å². The van der Waals surface area contributed by atoms with E-state index < -0.39 is 0 Å². The molecule has 4 rings (SSSR count). The summed E-state index contributed by atoms with van der Waals surface area (Å²) >= 11 is 9.93. The lowest BCUT2D eigenvalue weighted by Crippen LogP contribution is -1.98. The molecular formula is C26H25ClI2N2O4. The van der Waals surface area contributed by atoms with Gasteiger partial charge in [-0.25, -0.2) is 9.97 Å². The van der Waals surface area contributed by atoms with Gasteiger partial charge in [-0.3, -0.25) is 0 Å². The summed E-state index contributed by atoms with van der Waals surface area (Å²) in [5.41, 5.74) is 1.99. The first-order valence-electron chi connectivity index (χ1n) is 10.3. The van der Waals surface area contributed by atoms with Crippen LogP contribution in [0.15, 0.2) is 85.2 Å². The minimum absolute atomic E-state index is 0.0873. The summed E-state index contributed by atoms with van der Waals surface area (Å²) in [7, 11) is 3.27. The standard InChI is InChI=1S/C13H12INO2.C8H10O2.C5H3ClIN/c1-16-11-6-4-10(5-7-11)9-17-13-12(14)3-2-8-15-13;1-10-8-4-2-7(6-9)3-5-8;6-5-4(7)2-1-3-8-5/h2-8H,9H2,1H3;2-5,9H,6H2,1H3;1-3H. The smallest absolute Gasteiger partial charge is 0.227 e. The van der Waals surface area contributed by atoms with E-state index in [1.807, 2.05) is 72.8 Å². The molecule has 2 aromatic heterocycles. The van der Waals surface area contributed by atoms with E-state index in [0.29, 0.717) is 17.6 Å². The van der Waals surface area contributed by atoms with Crippen LogP contribution in [0.5, 0.6) is 17.4 Å². The Kier molecular flexibility index (Phi) is 13.7. The molecule has 0 fully saturated rings. The molecule has 0 aliphatic rings. The lowest BCUT2D eigenvalue weighted by molar-refractivity contribution is 0.281. The molecule has 9 heteroatoms. The maximum Gasteiger partial charge on any atom is 0.227 e. The van der Waals surface area contributed by atoms with Crippen LogP contribution in [-0.4, -0.2) is 29.3 Å². The van der Waals surface area contributed by atoms with Gasteiger partial charge in [-0.2, -0.15) is 0 Å². The van der Waals surface area contributed by atoms with E-state index in [9.17, 15) is 0 Å². The molecule has 0 aliphatic heterocycles. The van der Waals surface area contributed by atoms with Crippen molar-refractivity contribution in [2.75, 3.05) is 14.2 Å². The number of hydrogen-bond donors (Lipinski definition) is 1. The quantitative estimate of drug-likeness (QED) is 0.175. The third kappa shape index (κ3) is 11.0. The van der Waals surface area contributed by atoms with E-state index in [0.717, 1.165) is 29.8 Å². The molecule has 0 saturated carbocycles. The van der Waals surface area contributed by atoms with Crippen LogP contribution in [-0.2, 0) is 13.2 Å². The summed E-state index contributed by atoms with van der Waals surface area (Å²) in [5, 5.41) is 9.24. The third-order valence-electron chi connectivity index (χ3n) is 4.31. The molecule has 0 amide bonds. The first kappa shape index (κ1) is 29.1. The van der Waals surface area contributed by atoms with E-state index in [4.69, 9.17) is 30.9 Å². The topological polar surface area (TPSA) is 73.7 Å². The van der Waals surface area contributed by atoms with Crippen LogP contribution in [0.1, 0.15) is 11.1 Å². The average Bonchev–Trinajstić information content (AvgIpc) is 2.91. The summed E-state index contributed by atoms with van der Waals surface area (Å²) in [4.78, 5) is 8.01. The fourth-order valence-corrected chi connectivity index (χ4v) is 3.42. The van der Waals surface area contributed by atoms with Crippen LogP contribution >= 0.6 is 56.8 Å². The number of halogens is 3. The second-order valence-corrected chi connectivity index (χ2v) is 9.39. The highest BCUT2D eigenvalue weighted by Gasteiger charge is 2.01. The molecule has 2 aromatic carbocycles. The van der Waals surface area contributed by atoms with Crippen molar-refractivity contribution >= 4 is 56.8 Å². The van der Waals surface area contributed by atoms with Crippen LogP contribution in [0, 0.1) is 7.14 Å². The number of benzene rings is 2. The van der Waals surface area contributed by atoms with Gasteiger partial charge in [0.05, 0.1) is 28.0 Å². The lowest BCUT2D eigenvalue weighted by atomic mass is 10.2. The van der Waals surface area contributed by atoms with Crippen LogP contribution in [0.3, 0.4) is 0 Å². The van der Waals surface area contributed by atoms with E-state index in [1.54, 1.807) is 26.6 Å². The molecule has 0 bridgehead atoms. The first-order chi connectivity index (χ1) is 17.0. The van der Waals surface area contributed by atoms with Crippen molar-refractivity contribution < 1.29 is 19.3 Å². The summed E-state index contributed by atoms with van der Waals surface area (Å²) in [6.45, 7) is 0.598. The van der Waals surface area contributed by atoms with Gasteiger partial charge in [0.15, 0.2) is 0 Å². The van der Waals surface area contributed by atoms with Crippen LogP contribution in [0.4, 0.5) is 0 Å². The molecule has 2 heterocycles. The molecule has 0 atom stereocenters. The molecule has 0 spiro atoms. The molecule has 184 valence electrons. The molecule has 0 aliphatic carbocycles. The number of aliphatic hydroxyl groups is 1. The van der Waals surface area contributed by atoms with Crippen molar-refractivity contribution in [2.24, 2.45) is 0 Å². The van der Waals surface area contributed by atoms with Crippen molar-refractivity contribution in [1.29, 1.82) is 0 Å². The predicted octanol–water partition coefficient (Wildman–Crippen LogP) is 6.80. The zero-order valence-corrected chi connectivity index (χ0v) is 24.3. The molecule has 0 unspecified atom stereocenters. The van der Waals surface area contributed by atoms with Crippen molar-refractivity contribution in [2.45, 2.75) is 13.2 Å². The Morgan fingerprint density at radius 3 is 1.69 bits per heavy atom. The van der Waals surface area contributed by atoms with Crippen molar-refractivity contribution in [3.63, 3.8) is 0 Å². The molecule has 1 N–H and O–H groups in total. The second kappa shape index (κ2) is 16.5. The Bertz CT molecular complexity index is 1100. The summed E-state index contributed by atoms with van der Waals surface area (Å²) in [6, 6.07) is 22.7. The van der Waals surface area contributed by atoms with Gasteiger partial charge < -0.3 is 19.3 Å². The lowest BCUT2D eigenvalue weighted by Gasteiger charge is -2.07. The van der Waals surface area contributed by atoms with E-state index in [1.165, 1.54) is 0 Å². The van der Waals surface area contributed by atoms with Gasteiger partial charge in [0.25, 0.3) is 0 Å². The Morgan fingerprint density at radius 2 is 1.26 bits per heavy atom. The molecule has 6 nitrogen and oxygen atoms in total. The number of rotatable bonds is 6. The van der Waals surface area contributed by atoms with Crippen LogP contribution in [0.25, 0.3) is 0 Å². The molecular weight excluding hydrogens is 694 g/mol. The fraction of sp³-hybridized carbons (Fsp3) is 0.154. The maximum atomic E-state index is 8.66. The Morgan fingerprint density at radius 1 is 0.743 bits per heavy atom.